The Hall–Kier alpha value is -1.54. The van der Waals surface area contributed by atoms with Gasteiger partial charge in [0.15, 0.2) is 0 Å². The third kappa shape index (κ3) is 4.80. The van der Waals surface area contributed by atoms with Gasteiger partial charge in [-0.15, -0.1) is 0 Å². The van der Waals surface area contributed by atoms with Crippen molar-refractivity contribution in [3.8, 4) is 0 Å². The zero-order valence-corrected chi connectivity index (χ0v) is 8.14. The first-order valence-electron chi connectivity index (χ1n) is 4.10. The van der Waals surface area contributed by atoms with Gasteiger partial charge in [0, 0.05) is 0 Å². The van der Waals surface area contributed by atoms with Crippen molar-refractivity contribution in [2.75, 3.05) is 6.54 Å². The van der Waals surface area contributed by atoms with E-state index >= 15 is 0 Å². The minimum Gasteiger partial charge on any atom is -0.480 e. The minimum absolute atomic E-state index is 1.09. The molecule has 94 valence electrons. The van der Waals surface area contributed by atoms with E-state index in [1.54, 1.807) is 5.32 Å². The molecular weight excluding hydrogens is 236 g/mol. The predicted molar refractivity (Wildman–Crippen MR) is 44.6 cm³/mol. The van der Waals surface area contributed by atoms with Crippen LogP contribution in [0, 0.1) is 0 Å². The fraction of sp³-hybridized carbons (Fsp3) is 0.714. The lowest BCUT2D eigenvalue weighted by atomic mass is 10.3. The molecule has 0 fully saturated rings. The number of carbonyl (C=O) groups excluding carboxylic acids is 1. The SMILES string of the molecule is CC(NC(=O)NCC(F)(F)C(F)F)C(=O)O. The molecule has 16 heavy (non-hydrogen) atoms. The molecule has 2 amide bonds. The molecule has 0 radical (unpaired) electrons. The highest BCUT2D eigenvalue weighted by Gasteiger charge is 2.40. The molecule has 0 bridgehead atoms. The highest BCUT2D eigenvalue weighted by molar-refractivity contribution is 5.82. The van der Waals surface area contributed by atoms with E-state index in [-0.39, 0.29) is 0 Å². The molecule has 0 aromatic carbocycles. The second-order valence-corrected chi connectivity index (χ2v) is 2.95. The summed E-state index contributed by atoms with van der Waals surface area (Å²) in [5, 5.41) is 11.5. The first kappa shape index (κ1) is 14.5. The summed E-state index contributed by atoms with van der Waals surface area (Å²) in [5.74, 6) is -5.72. The van der Waals surface area contributed by atoms with Crippen molar-refractivity contribution in [1.82, 2.24) is 10.6 Å². The van der Waals surface area contributed by atoms with Crippen LogP contribution in [0.25, 0.3) is 0 Å². The van der Waals surface area contributed by atoms with Gasteiger partial charge >= 0.3 is 24.3 Å². The Morgan fingerprint density at radius 1 is 1.38 bits per heavy atom. The van der Waals surface area contributed by atoms with Crippen LogP contribution in [-0.2, 0) is 4.79 Å². The number of aliphatic carboxylic acids is 1. The normalized spacial score (nSPS) is 13.4. The van der Waals surface area contributed by atoms with Crippen molar-refractivity contribution >= 4 is 12.0 Å². The maximum atomic E-state index is 12.3. The number of rotatable bonds is 5. The van der Waals surface area contributed by atoms with E-state index in [0.29, 0.717) is 0 Å². The number of halogens is 4. The molecule has 0 aliphatic carbocycles. The minimum atomic E-state index is -4.34. The van der Waals surface area contributed by atoms with Crippen LogP contribution < -0.4 is 10.6 Å². The van der Waals surface area contributed by atoms with Crippen molar-refractivity contribution in [1.29, 1.82) is 0 Å². The van der Waals surface area contributed by atoms with Gasteiger partial charge < -0.3 is 15.7 Å². The third-order valence-corrected chi connectivity index (χ3v) is 1.52. The van der Waals surface area contributed by atoms with Crippen LogP contribution in [0.2, 0.25) is 0 Å². The Balaban J connectivity index is 4.04. The summed E-state index contributed by atoms with van der Waals surface area (Å²) in [6.45, 7) is -0.476. The third-order valence-electron chi connectivity index (χ3n) is 1.52. The molecule has 0 aliphatic rings. The van der Waals surface area contributed by atoms with Gasteiger partial charge in [0.05, 0.1) is 6.54 Å². The molecule has 0 saturated heterocycles. The Morgan fingerprint density at radius 3 is 2.25 bits per heavy atom. The van der Waals surface area contributed by atoms with Gasteiger partial charge in [0.2, 0.25) is 0 Å². The zero-order valence-electron chi connectivity index (χ0n) is 8.14. The molecule has 1 atom stereocenters. The Bertz CT molecular complexity index is 272. The van der Waals surface area contributed by atoms with Crippen LogP contribution in [0.4, 0.5) is 22.4 Å². The summed E-state index contributed by atoms with van der Waals surface area (Å²) in [5.41, 5.74) is 0. The van der Waals surface area contributed by atoms with E-state index < -0.39 is 36.9 Å². The summed E-state index contributed by atoms with van der Waals surface area (Å²) >= 11 is 0. The number of carbonyl (C=O) groups is 2. The Morgan fingerprint density at radius 2 is 1.88 bits per heavy atom. The Kier molecular flexibility index (Phi) is 4.99. The lowest BCUT2D eigenvalue weighted by Crippen LogP contribution is -2.49. The van der Waals surface area contributed by atoms with E-state index in [2.05, 4.69) is 0 Å². The van der Waals surface area contributed by atoms with Crippen LogP contribution in [0.5, 0.6) is 0 Å². The maximum absolute atomic E-state index is 12.3. The standard InChI is InChI=1S/C7H10F4N2O3/c1-3(4(14)15)13-6(16)12-2-7(10,11)5(8)9/h3,5H,2H2,1H3,(H,14,15)(H2,12,13,16). The molecule has 0 aliphatic heterocycles. The van der Waals surface area contributed by atoms with E-state index in [1.165, 1.54) is 5.32 Å². The fourth-order valence-corrected chi connectivity index (χ4v) is 0.585. The molecule has 0 heterocycles. The largest absolute Gasteiger partial charge is 0.480 e. The average molecular weight is 246 g/mol. The number of hydrogen-bond donors (Lipinski definition) is 3. The number of carboxylic acid groups (broad SMARTS) is 1. The summed E-state index contributed by atoms with van der Waals surface area (Å²) in [7, 11) is 0. The highest BCUT2D eigenvalue weighted by atomic mass is 19.3. The summed E-state index contributed by atoms with van der Waals surface area (Å²) in [4.78, 5) is 21.0. The monoisotopic (exact) mass is 246 g/mol. The first-order valence-corrected chi connectivity index (χ1v) is 4.10. The van der Waals surface area contributed by atoms with Gasteiger partial charge in [-0.25, -0.2) is 13.6 Å². The summed E-state index contributed by atoms with van der Waals surface area (Å²) in [6, 6.07) is -2.56. The molecule has 0 saturated carbocycles. The molecule has 0 rings (SSSR count). The molecule has 0 aromatic rings. The first-order chi connectivity index (χ1) is 7.16. The van der Waals surface area contributed by atoms with Gasteiger partial charge in [0.1, 0.15) is 6.04 Å². The maximum Gasteiger partial charge on any atom is 0.325 e. The van der Waals surface area contributed by atoms with Gasteiger partial charge in [0.25, 0.3) is 0 Å². The molecule has 5 nitrogen and oxygen atoms in total. The highest BCUT2D eigenvalue weighted by Crippen LogP contribution is 2.21. The number of amides is 2. The van der Waals surface area contributed by atoms with Gasteiger partial charge in [-0.1, -0.05) is 0 Å². The smallest absolute Gasteiger partial charge is 0.325 e. The number of hydrogen-bond acceptors (Lipinski definition) is 2. The van der Waals surface area contributed by atoms with Gasteiger partial charge in [-0.2, -0.15) is 8.78 Å². The molecule has 9 heteroatoms. The van der Waals surface area contributed by atoms with Crippen molar-refractivity contribution in [2.24, 2.45) is 0 Å². The quantitative estimate of drug-likeness (QED) is 0.623. The van der Waals surface area contributed by atoms with Crippen LogP contribution in [0.1, 0.15) is 6.92 Å². The second kappa shape index (κ2) is 5.52. The number of alkyl halides is 4. The lowest BCUT2D eigenvalue weighted by molar-refractivity contribution is -0.138. The average Bonchev–Trinajstić information content (AvgIpc) is 2.14. The van der Waals surface area contributed by atoms with Crippen molar-refractivity contribution < 1.29 is 32.3 Å². The van der Waals surface area contributed by atoms with Crippen molar-refractivity contribution in [3.05, 3.63) is 0 Å². The molecular formula is C7H10F4N2O3. The van der Waals surface area contributed by atoms with E-state index in [4.69, 9.17) is 5.11 Å². The van der Waals surface area contributed by atoms with Gasteiger partial charge in [-0.05, 0) is 6.92 Å². The van der Waals surface area contributed by atoms with Crippen molar-refractivity contribution in [3.63, 3.8) is 0 Å². The van der Waals surface area contributed by atoms with Gasteiger partial charge in [-0.3, -0.25) is 4.79 Å². The number of nitrogens with one attached hydrogen (secondary N) is 2. The molecule has 0 aromatic heterocycles. The van der Waals surface area contributed by atoms with E-state index in [0.717, 1.165) is 6.92 Å². The summed E-state index contributed by atoms with van der Waals surface area (Å²) < 4.78 is 47.9. The van der Waals surface area contributed by atoms with E-state index in [9.17, 15) is 27.2 Å². The predicted octanol–water partition coefficient (Wildman–Crippen LogP) is 0.659. The van der Waals surface area contributed by atoms with Crippen LogP contribution in [0.15, 0.2) is 0 Å². The Labute approximate surface area is 87.8 Å². The van der Waals surface area contributed by atoms with Crippen LogP contribution in [0.3, 0.4) is 0 Å². The van der Waals surface area contributed by atoms with Crippen LogP contribution in [-0.4, -0.2) is 42.0 Å². The second-order valence-electron chi connectivity index (χ2n) is 2.95. The van der Waals surface area contributed by atoms with Crippen molar-refractivity contribution in [2.45, 2.75) is 25.3 Å². The number of urea groups is 1. The topological polar surface area (TPSA) is 78.4 Å². The number of carboxylic acids is 1. The molecule has 0 spiro atoms. The fourth-order valence-electron chi connectivity index (χ4n) is 0.585. The zero-order chi connectivity index (χ0) is 12.9. The molecule has 3 N–H and O–H groups in total. The van der Waals surface area contributed by atoms with E-state index in [1.807, 2.05) is 0 Å². The summed E-state index contributed by atoms with van der Waals surface area (Å²) in [6.07, 6.45) is -3.90. The lowest BCUT2D eigenvalue weighted by Gasteiger charge is -2.16. The molecule has 1 unspecified atom stereocenters. The van der Waals surface area contributed by atoms with Crippen LogP contribution >= 0.6 is 0 Å².